The summed E-state index contributed by atoms with van der Waals surface area (Å²) < 4.78 is 5.75. The second-order valence-electron chi connectivity index (χ2n) is 6.44. The van der Waals surface area contributed by atoms with Gasteiger partial charge in [-0.25, -0.2) is 4.79 Å². The van der Waals surface area contributed by atoms with Crippen LogP contribution >= 0.6 is 11.3 Å². The van der Waals surface area contributed by atoms with E-state index in [1.54, 1.807) is 12.1 Å². The topological polar surface area (TPSA) is 87.1 Å². The molecule has 0 unspecified atom stereocenters. The molecule has 0 saturated carbocycles. The molecule has 3 atom stereocenters. The van der Waals surface area contributed by atoms with E-state index in [1.807, 2.05) is 26.2 Å². The first-order chi connectivity index (χ1) is 10.2. The zero-order valence-electron chi connectivity index (χ0n) is 12.4. The van der Waals surface area contributed by atoms with Crippen molar-refractivity contribution in [1.29, 1.82) is 0 Å². The number of aliphatic carboxylic acids is 1. The van der Waals surface area contributed by atoms with Gasteiger partial charge in [0.1, 0.15) is 17.8 Å². The van der Waals surface area contributed by atoms with Crippen LogP contribution in [0.1, 0.15) is 31.8 Å². The molecule has 0 radical (unpaired) electrons. The molecular weight excluding hydrogens is 306 g/mol. The van der Waals surface area contributed by atoms with Gasteiger partial charge in [0.05, 0.1) is 0 Å². The van der Waals surface area contributed by atoms with E-state index in [-0.39, 0.29) is 11.5 Å². The molecule has 1 aromatic rings. The third-order valence-corrected chi connectivity index (χ3v) is 4.78. The van der Waals surface area contributed by atoms with E-state index >= 15 is 0 Å². The summed E-state index contributed by atoms with van der Waals surface area (Å²) in [5.41, 5.74) is -0.652. The number of amides is 1. The number of allylic oxidation sites excluding steroid dienone is 1. The fraction of sp³-hybridized carbons (Fsp3) is 0.467. The minimum atomic E-state index is -1.19. The Morgan fingerprint density at radius 3 is 2.64 bits per heavy atom. The van der Waals surface area contributed by atoms with E-state index in [9.17, 15) is 19.8 Å². The third kappa shape index (κ3) is 2.04. The number of thiophene rings is 1. The number of carboxylic acid groups (broad SMARTS) is 1. The summed E-state index contributed by atoms with van der Waals surface area (Å²) in [5.74, 6) is -2.10. The number of carbonyl (C=O) groups is 2. The quantitative estimate of drug-likeness (QED) is 0.830. The Bertz CT molecular complexity index is 658. The van der Waals surface area contributed by atoms with Crippen molar-refractivity contribution in [2.45, 2.75) is 33.1 Å². The first kappa shape index (κ1) is 15.1. The molecule has 1 saturated heterocycles. The van der Waals surface area contributed by atoms with Crippen LogP contribution in [-0.4, -0.2) is 33.2 Å². The van der Waals surface area contributed by atoms with E-state index in [1.165, 1.54) is 11.3 Å². The summed E-state index contributed by atoms with van der Waals surface area (Å²) in [7, 11) is 0. The van der Waals surface area contributed by atoms with Crippen molar-refractivity contribution in [1.82, 2.24) is 4.90 Å². The van der Waals surface area contributed by atoms with E-state index in [4.69, 9.17) is 4.74 Å². The lowest BCUT2D eigenvalue weighted by atomic mass is 9.88. The number of ether oxygens (including phenoxy) is 1. The molecule has 1 aromatic heterocycles. The van der Waals surface area contributed by atoms with Crippen molar-refractivity contribution >= 4 is 23.2 Å². The minimum absolute atomic E-state index is 0.114. The predicted molar refractivity (Wildman–Crippen MR) is 78.6 cm³/mol. The molecule has 118 valence electrons. The molecular formula is C15H17NO5S. The van der Waals surface area contributed by atoms with Gasteiger partial charge < -0.3 is 14.9 Å². The van der Waals surface area contributed by atoms with Gasteiger partial charge in [0.2, 0.25) is 5.91 Å². The van der Waals surface area contributed by atoms with Crippen LogP contribution in [0.3, 0.4) is 0 Å². The first-order valence-corrected chi connectivity index (χ1v) is 7.80. The second-order valence-corrected chi connectivity index (χ2v) is 7.41. The Hall–Kier alpha value is -1.86. The molecule has 0 aromatic carbocycles. The lowest BCUT2D eigenvalue weighted by Crippen LogP contribution is -2.60. The molecule has 2 aliphatic heterocycles. The molecule has 7 heteroatoms. The monoisotopic (exact) mass is 323 g/mol. The second kappa shape index (κ2) is 4.82. The Morgan fingerprint density at radius 2 is 2.14 bits per heavy atom. The zero-order valence-corrected chi connectivity index (χ0v) is 13.3. The molecule has 22 heavy (non-hydrogen) atoms. The number of nitrogens with zero attached hydrogens (tertiary/aromatic N) is 1. The lowest BCUT2D eigenvalue weighted by Gasteiger charge is -2.42. The maximum absolute atomic E-state index is 12.4. The Balaban J connectivity index is 1.92. The van der Waals surface area contributed by atoms with Crippen LogP contribution < -0.4 is 0 Å². The molecule has 3 rings (SSSR count). The summed E-state index contributed by atoms with van der Waals surface area (Å²) in [4.78, 5) is 25.7. The summed E-state index contributed by atoms with van der Waals surface area (Å²) in [6.45, 7) is 5.48. The summed E-state index contributed by atoms with van der Waals surface area (Å²) in [6.07, 6.45) is -1.73. The number of aliphatic hydroxyl groups is 1. The first-order valence-electron chi connectivity index (χ1n) is 6.92. The Labute approximate surface area is 131 Å². The number of aliphatic hydroxyl groups excluding tert-OH is 1. The van der Waals surface area contributed by atoms with Crippen molar-refractivity contribution in [2.24, 2.45) is 11.3 Å². The Morgan fingerprint density at radius 1 is 1.45 bits per heavy atom. The van der Waals surface area contributed by atoms with Crippen LogP contribution in [0.2, 0.25) is 0 Å². The molecule has 0 aliphatic carbocycles. The van der Waals surface area contributed by atoms with Gasteiger partial charge in [-0.3, -0.25) is 9.69 Å². The van der Waals surface area contributed by atoms with Gasteiger partial charge in [-0.05, 0) is 11.4 Å². The maximum atomic E-state index is 12.4. The minimum Gasteiger partial charge on any atom is -0.476 e. The number of hydrogen-bond acceptors (Lipinski definition) is 5. The van der Waals surface area contributed by atoms with Crippen molar-refractivity contribution in [3.63, 3.8) is 0 Å². The smallest absolute Gasteiger partial charge is 0.356 e. The highest BCUT2D eigenvalue weighted by Gasteiger charge is 2.61. The standard InChI is InChI=1S/C15H17NO5S/c1-15(2,3)11-9(14(19)20)16-12(18)8(13(16)21-11)10(17)7-5-4-6-22-7/h4-6,8,10,13,17H,1-3H3,(H,19,20)/t8-,10+,13+/m0/s1. The predicted octanol–water partition coefficient (Wildman–Crippen LogP) is 1.94. The van der Waals surface area contributed by atoms with Crippen LogP contribution in [0.4, 0.5) is 0 Å². The molecule has 0 spiro atoms. The SMILES string of the molecule is CC(C)(C)C1=C(C(=O)O)N2C(=O)[C@H]([C@H](O)c3cccs3)[C@H]2O1. The molecule has 6 nitrogen and oxygen atoms in total. The van der Waals surface area contributed by atoms with Crippen LogP contribution in [-0.2, 0) is 14.3 Å². The lowest BCUT2D eigenvalue weighted by molar-refractivity contribution is -0.184. The average Bonchev–Trinajstić information content (AvgIpc) is 3.02. The molecule has 1 fully saturated rings. The highest BCUT2D eigenvalue weighted by Crippen LogP contribution is 2.49. The van der Waals surface area contributed by atoms with Crippen molar-refractivity contribution in [3.8, 4) is 0 Å². The molecule has 3 heterocycles. The van der Waals surface area contributed by atoms with Gasteiger partial charge >= 0.3 is 5.97 Å². The highest BCUT2D eigenvalue weighted by molar-refractivity contribution is 7.10. The van der Waals surface area contributed by atoms with Gasteiger partial charge in [-0.15, -0.1) is 11.3 Å². The summed E-state index contributed by atoms with van der Waals surface area (Å²) in [6, 6.07) is 3.54. The number of β-lactam (4-membered cyclic amide) rings is 1. The van der Waals surface area contributed by atoms with Gasteiger partial charge in [0.25, 0.3) is 0 Å². The number of carbonyl (C=O) groups excluding carboxylic acids is 1. The average molecular weight is 323 g/mol. The fourth-order valence-corrected chi connectivity index (χ4v) is 3.55. The molecule has 2 aliphatic rings. The fourth-order valence-electron chi connectivity index (χ4n) is 2.80. The van der Waals surface area contributed by atoms with E-state index in [0.717, 1.165) is 4.90 Å². The molecule has 0 bridgehead atoms. The highest BCUT2D eigenvalue weighted by atomic mass is 32.1. The van der Waals surface area contributed by atoms with Gasteiger partial charge in [0, 0.05) is 10.3 Å². The van der Waals surface area contributed by atoms with E-state index in [0.29, 0.717) is 4.88 Å². The molecule has 1 amide bonds. The normalized spacial score (nSPS) is 25.6. The number of fused-ring (bicyclic) bond motifs is 1. The zero-order chi connectivity index (χ0) is 16.2. The van der Waals surface area contributed by atoms with Crippen LogP contribution in [0, 0.1) is 11.3 Å². The maximum Gasteiger partial charge on any atom is 0.356 e. The number of rotatable bonds is 3. The largest absolute Gasteiger partial charge is 0.476 e. The van der Waals surface area contributed by atoms with Crippen LogP contribution in [0.25, 0.3) is 0 Å². The number of hydrogen-bond donors (Lipinski definition) is 2. The van der Waals surface area contributed by atoms with Gasteiger partial charge in [-0.2, -0.15) is 0 Å². The van der Waals surface area contributed by atoms with Crippen molar-refractivity contribution in [3.05, 3.63) is 33.8 Å². The number of carboxylic acids is 1. The van der Waals surface area contributed by atoms with Crippen LogP contribution in [0.5, 0.6) is 0 Å². The third-order valence-electron chi connectivity index (χ3n) is 3.84. The summed E-state index contributed by atoms with van der Waals surface area (Å²) in [5, 5.41) is 21.6. The van der Waals surface area contributed by atoms with Gasteiger partial charge in [-0.1, -0.05) is 26.8 Å². The van der Waals surface area contributed by atoms with E-state index in [2.05, 4.69) is 0 Å². The van der Waals surface area contributed by atoms with E-state index < -0.39 is 35.5 Å². The summed E-state index contributed by atoms with van der Waals surface area (Å²) >= 11 is 1.35. The van der Waals surface area contributed by atoms with Gasteiger partial charge in [0.15, 0.2) is 11.9 Å². The van der Waals surface area contributed by atoms with Crippen molar-refractivity contribution in [2.75, 3.05) is 0 Å². The molecule has 2 N–H and O–H groups in total. The Kier molecular flexibility index (Phi) is 3.30. The van der Waals surface area contributed by atoms with Crippen molar-refractivity contribution < 1.29 is 24.5 Å². The van der Waals surface area contributed by atoms with Crippen LogP contribution in [0.15, 0.2) is 29.0 Å².